The number of aliphatic carboxylic acids is 1. The van der Waals surface area contributed by atoms with E-state index in [1.165, 1.54) is 0 Å². The van der Waals surface area contributed by atoms with Crippen LogP contribution < -0.4 is 5.73 Å². The van der Waals surface area contributed by atoms with Gasteiger partial charge in [-0.05, 0) is 31.6 Å². The van der Waals surface area contributed by atoms with Gasteiger partial charge in [0.1, 0.15) is 13.1 Å². The van der Waals surface area contributed by atoms with Crippen molar-refractivity contribution in [2.45, 2.75) is 31.7 Å². The van der Waals surface area contributed by atoms with E-state index < -0.39 is 18.4 Å². The molecule has 0 unspecified atom stereocenters. The fourth-order valence-electron chi connectivity index (χ4n) is 2.07. The summed E-state index contributed by atoms with van der Waals surface area (Å²) >= 11 is 0. The topological polar surface area (TPSA) is 104 Å². The van der Waals surface area contributed by atoms with Crippen molar-refractivity contribution in [2.24, 2.45) is 11.7 Å². The Balaban J connectivity index is 2.01. The second-order valence-electron chi connectivity index (χ2n) is 5.33. The third-order valence-electron chi connectivity index (χ3n) is 3.33. The maximum Gasteiger partial charge on any atom is 0.323 e. The third kappa shape index (κ3) is 4.11. The second kappa shape index (κ2) is 5.46. The summed E-state index contributed by atoms with van der Waals surface area (Å²) in [5.74, 6) is -1.31. The van der Waals surface area contributed by atoms with Gasteiger partial charge in [-0.1, -0.05) is 0 Å². The number of nitrogens with two attached hydrogens (primary N) is 1. The zero-order chi connectivity index (χ0) is 14.0. The average Bonchev–Trinajstić information content (AvgIpc) is 3.14. The van der Waals surface area contributed by atoms with Gasteiger partial charge in [0.05, 0.1) is 0 Å². The number of nitrogens with zero attached hydrogens (tertiary/aromatic N) is 2. The summed E-state index contributed by atoms with van der Waals surface area (Å²) in [6.45, 7) is -0.174. The lowest BCUT2D eigenvalue weighted by molar-refractivity contribution is -0.138. The Bertz CT molecular complexity index is 374. The molecule has 0 bridgehead atoms. The predicted molar refractivity (Wildman–Crippen MR) is 66.3 cm³/mol. The van der Waals surface area contributed by atoms with E-state index >= 15 is 0 Å². The Morgan fingerprint density at radius 3 is 2.16 bits per heavy atom. The van der Waals surface area contributed by atoms with Gasteiger partial charge in [0.15, 0.2) is 0 Å². The van der Waals surface area contributed by atoms with Gasteiger partial charge in [-0.15, -0.1) is 0 Å². The molecule has 2 rings (SSSR count). The van der Waals surface area contributed by atoms with E-state index in [2.05, 4.69) is 0 Å². The first-order valence-electron chi connectivity index (χ1n) is 6.53. The molecule has 0 atom stereocenters. The molecule has 0 aromatic rings. The molecule has 0 spiro atoms. The number of hydrogen-bond donors (Lipinski definition) is 2. The van der Waals surface area contributed by atoms with E-state index in [4.69, 9.17) is 10.8 Å². The SMILES string of the molecule is NC(=O)CN(CC(=O)O)C(=O)N(CC1CC1)C1CC1. The maximum absolute atomic E-state index is 12.3. The minimum atomic E-state index is -1.14. The van der Waals surface area contributed by atoms with Crippen molar-refractivity contribution in [2.75, 3.05) is 19.6 Å². The van der Waals surface area contributed by atoms with Crippen molar-refractivity contribution in [1.82, 2.24) is 9.80 Å². The first kappa shape index (κ1) is 13.6. The Morgan fingerprint density at radius 1 is 1.11 bits per heavy atom. The summed E-state index contributed by atoms with van der Waals surface area (Å²) < 4.78 is 0. The molecule has 0 radical (unpaired) electrons. The highest BCUT2D eigenvalue weighted by atomic mass is 16.4. The van der Waals surface area contributed by atoms with E-state index in [0.29, 0.717) is 12.5 Å². The molecule has 3 N–H and O–H groups in total. The quantitative estimate of drug-likeness (QED) is 0.670. The fourth-order valence-corrected chi connectivity index (χ4v) is 2.07. The molecule has 2 saturated carbocycles. The molecule has 2 fully saturated rings. The molecular weight excluding hydrogens is 250 g/mol. The molecule has 7 nitrogen and oxygen atoms in total. The summed E-state index contributed by atoms with van der Waals surface area (Å²) in [6, 6.07) is -0.173. The number of rotatable bonds is 7. The first-order valence-corrected chi connectivity index (χ1v) is 6.53. The van der Waals surface area contributed by atoms with E-state index in [-0.39, 0.29) is 18.6 Å². The summed E-state index contributed by atoms with van der Waals surface area (Å²) in [5, 5.41) is 8.81. The smallest absolute Gasteiger partial charge is 0.323 e. The molecule has 0 aromatic carbocycles. The molecule has 2 aliphatic rings. The van der Waals surface area contributed by atoms with Crippen LogP contribution in [0.25, 0.3) is 0 Å². The highest BCUT2D eigenvalue weighted by Gasteiger charge is 2.38. The minimum absolute atomic E-state index is 0.206. The molecular formula is C12H19N3O4. The summed E-state index contributed by atoms with van der Waals surface area (Å²) in [7, 11) is 0. The normalized spacial score (nSPS) is 17.9. The number of primary amides is 1. The number of carbonyl (C=O) groups excluding carboxylic acids is 2. The third-order valence-corrected chi connectivity index (χ3v) is 3.33. The largest absolute Gasteiger partial charge is 0.480 e. The van der Waals surface area contributed by atoms with Crippen LogP contribution in [0.3, 0.4) is 0 Å². The molecule has 0 heterocycles. The van der Waals surface area contributed by atoms with Crippen LogP contribution in [0.15, 0.2) is 0 Å². The molecule has 0 aromatic heterocycles. The van der Waals surface area contributed by atoms with Crippen LogP contribution in [0.2, 0.25) is 0 Å². The molecule has 2 aliphatic carbocycles. The van der Waals surface area contributed by atoms with E-state index in [9.17, 15) is 14.4 Å². The lowest BCUT2D eigenvalue weighted by atomic mass is 10.3. The van der Waals surface area contributed by atoms with Gasteiger partial charge in [-0.2, -0.15) is 0 Å². The monoisotopic (exact) mass is 269 g/mol. The van der Waals surface area contributed by atoms with Crippen molar-refractivity contribution < 1.29 is 19.5 Å². The zero-order valence-electron chi connectivity index (χ0n) is 10.7. The van der Waals surface area contributed by atoms with Gasteiger partial charge in [0, 0.05) is 12.6 Å². The number of hydrogen-bond acceptors (Lipinski definition) is 3. The standard InChI is InChI=1S/C12H19N3O4/c13-10(16)6-14(7-11(17)18)12(19)15(9-3-4-9)5-8-1-2-8/h8-9H,1-7H2,(H2,13,16)(H,17,18). The lowest BCUT2D eigenvalue weighted by Gasteiger charge is -2.29. The van der Waals surface area contributed by atoms with Crippen molar-refractivity contribution in [1.29, 1.82) is 0 Å². The molecule has 19 heavy (non-hydrogen) atoms. The highest BCUT2D eigenvalue weighted by molar-refractivity contribution is 5.86. The Kier molecular flexibility index (Phi) is 3.92. The number of carboxylic acids is 1. The Labute approximate surface area is 111 Å². The molecule has 3 amide bonds. The van der Waals surface area contributed by atoms with Gasteiger partial charge >= 0.3 is 12.0 Å². The number of urea groups is 1. The maximum atomic E-state index is 12.3. The van der Waals surface area contributed by atoms with Crippen molar-refractivity contribution >= 4 is 17.9 Å². The van der Waals surface area contributed by atoms with E-state index in [1.807, 2.05) is 0 Å². The minimum Gasteiger partial charge on any atom is -0.480 e. The average molecular weight is 269 g/mol. The van der Waals surface area contributed by atoms with Gasteiger partial charge in [-0.25, -0.2) is 4.79 Å². The fraction of sp³-hybridized carbons (Fsp3) is 0.750. The zero-order valence-corrected chi connectivity index (χ0v) is 10.7. The van der Waals surface area contributed by atoms with Crippen LogP contribution in [0, 0.1) is 5.92 Å². The van der Waals surface area contributed by atoms with Crippen LogP contribution in [-0.2, 0) is 9.59 Å². The first-order chi connectivity index (χ1) is 8.97. The second-order valence-corrected chi connectivity index (χ2v) is 5.33. The van der Waals surface area contributed by atoms with Gasteiger partial charge < -0.3 is 20.6 Å². The molecule has 7 heteroatoms. The summed E-state index contributed by atoms with van der Waals surface area (Å²) in [4.78, 5) is 36.8. The predicted octanol–water partition coefficient (Wildman–Crippen LogP) is -0.147. The van der Waals surface area contributed by atoms with Gasteiger partial charge in [-0.3, -0.25) is 9.59 Å². The summed E-state index contributed by atoms with van der Waals surface area (Å²) in [5.41, 5.74) is 5.07. The molecule has 0 aliphatic heterocycles. The van der Waals surface area contributed by atoms with Crippen molar-refractivity contribution in [3.63, 3.8) is 0 Å². The van der Waals surface area contributed by atoms with Crippen LogP contribution in [0.4, 0.5) is 4.79 Å². The van der Waals surface area contributed by atoms with E-state index in [0.717, 1.165) is 30.6 Å². The number of carbonyl (C=O) groups is 3. The Hall–Kier alpha value is -1.79. The van der Waals surface area contributed by atoms with Gasteiger partial charge in [0.2, 0.25) is 5.91 Å². The summed E-state index contributed by atoms with van der Waals surface area (Å²) in [6.07, 6.45) is 4.14. The van der Waals surface area contributed by atoms with Crippen LogP contribution in [0.5, 0.6) is 0 Å². The molecule has 106 valence electrons. The van der Waals surface area contributed by atoms with Gasteiger partial charge in [0.25, 0.3) is 0 Å². The van der Waals surface area contributed by atoms with Crippen LogP contribution in [0.1, 0.15) is 25.7 Å². The molecule has 0 saturated heterocycles. The van der Waals surface area contributed by atoms with E-state index in [1.54, 1.807) is 4.90 Å². The lowest BCUT2D eigenvalue weighted by Crippen LogP contribution is -2.49. The van der Waals surface area contributed by atoms with Crippen molar-refractivity contribution in [3.05, 3.63) is 0 Å². The number of carboxylic acid groups (broad SMARTS) is 1. The van der Waals surface area contributed by atoms with Crippen LogP contribution in [-0.4, -0.2) is 58.5 Å². The van der Waals surface area contributed by atoms with Crippen molar-refractivity contribution in [3.8, 4) is 0 Å². The van der Waals surface area contributed by atoms with Crippen LogP contribution >= 0.6 is 0 Å². The highest BCUT2D eigenvalue weighted by Crippen LogP contribution is 2.35. The Morgan fingerprint density at radius 2 is 1.74 bits per heavy atom. The number of amides is 3.